The number of halogens is 1. The lowest BCUT2D eigenvalue weighted by molar-refractivity contribution is 0.438. The lowest BCUT2D eigenvalue weighted by Crippen LogP contribution is -2.41. The van der Waals surface area contributed by atoms with E-state index in [-0.39, 0.29) is 23.0 Å². The Morgan fingerprint density at radius 1 is 1.33 bits per heavy atom. The Bertz CT molecular complexity index is 630. The van der Waals surface area contributed by atoms with Gasteiger partial charge in [-0.05, 0) is 6.07 Å². The summed E-state index contributed by atoms with van der Waals surface area (Å²) in [5, 5.41) is -0.170. The van der Waals surface area contributed by atoms with E-state index in [1.54, 1.807) is 0 Å². The Labute approximate surface area is 111 Å². The fraction of sp³-hybridized carbons (Fsp3) is 0.444. The molecular formula is C9H11ClN2O4S2. The number of pyridine rings is 1. The molecule has 0 amide bonds. The minimum absolute atomic E-state index is 0.0558. The van der Waals surface area contributed by atoms with E-state index in [0.717, 1.165) is 12.3 Å². The average molecular weight is 311 g/mol. The van der Waals surface area contributed by atoms with E-state index in [1.807, 2.05) is 0 Å². The van der Waals surface area contributed by atoms with E-state index in [0.29, 0.717) is 11.5 Å². The summed E-state index contributed by atoms with van der Waals surface area (Å²) in [5.74, 6) is 0.659. The van der Waals surface area contributed by atoms with Crippen molar-refractivity contribution in [2.24, 2.45) is 0 Å². The molecule has 18 heavy (non-hydrogen) atoms. The monoisotopic (exact) mass is 310 g/mol. The van der Waals surface area contributed by atoms with Gasteiger partial charge in [-0.25, -0.2) is 8.42 Å². The lowest BCUT2D eigenvalue weighted by Gasteiger charge is -2.25. The second-order valence-corrected chi connectivity index (χ2v) is 7.81. The molecule has 0 bridgehead atoms. The van der Waals surface area contributed by atoms with Crippen molar-refractivity contribution >= 4 is 32.4 Å². The summed E-state index contributed by atoms with van der Waals surface area (Å²) in [5.41, 5.74) is -0.532. The number of sulfonamides is 1. The highest BCUT2D eigenvalue weighted by atomic mass is 35.5. The third kappa shape index (κ3) is 2.66. The Kier molecular flexibility index (Phi) is 3.90. The van der Waals surface area contributed by atoms with Crippen molar-refractivity contribution in [3.05, 3.63) is 27.6 Å². The van der Waals surface area contributed by atoms with Gasteiger partial charge in [0.15, 0.2) is 0 Å². The minimum Gasteiger partial charge on any atom is -0.326 e. The molecule has 1 saturated heterocycles. The van der Waals surface area contributed by atoms with Crippen molar-refractivity contribution in [1.29, 1.82) is 0 Å². The predicted octanol–water partition coefficient (Wildman–Crippen LogP) is -0.219. The van der Waals surface area contributed by atoms with Gasteiger partial charge in [0.1, 0.15) is 5.02 Å². The number of hydrogen-bond donors (Lipinski definition) is 1. The first-order valence-electron chi connectivity index (χ1n) is 5.14. The summed E-state index contributed by atoms with van der Waals surface area (Å²) in [4.78, 5) is 13.3. The van der Waals surface area contributed by atoms with Crippen molar-refractivity contribution in [1.82, 2.24) is 9.29 Å². The van der Waals surface area contributed by atoms with E-state index < -0.39 is 26.4 Å². The molecule has 0 aliphatic carbocycles. The van der Waals surface area contributed by atoms with Crippen LogP contribution in [0.25, 0.3) is 0 Å². The Hall–Kier alpha value is -0.700. The third-order valence-corrected chi connectivity index (χ3v) is 6.04. The summed E-state index contributed by atoms with van der Waals surface area (Å²) in [6.07, 6.45) is 1.12. The molecule has 1 fully saturated rings. The zero-order valence-electron chi connectivity index (χ0n) is 9.26. The van der Waals surface area contributed by atoms with Crippen LogP contribution in [-0.4, -0.2) is 46.5 Å². The largest absolute Gasteiger partial charge is 0.326 e. The molecule has 0 radical (unpaired) electrons. The summed E-state index contributed by atoms with van der Waals surface area (Å²) in [7, 11) is -4.63. The van der Waals surface area contributed by atoms with Crippen molar-refractivity contribution in [2.75, 3.05) is 24.6 Å². The Morgan fingerprint density at radius 2 is 1.94 bits per heavy atom. The van der Waals surface area contributed by atoms with Crippen LogP contribution in [0.2, 0.25) is 5.02 Å². The fourth-order valence-corrected chi connectivity index (χ4v) is 4.55. The molecule has 6 nitrogen and oxygen atoms in total. The second kappa shape index (κ2) is 5.12. The maximum atomic E-state index is 12.2. The van der Waals surface area contributed by atoms with E-state index in [2.05, 4.69) is 4.98 Å². The first-order valence-corrected chi connectivity index (χ1v) is 8.45. The van der Waals surface area contributed by atoms with Crippen molar-refractivity contribution in [2.45, 2.75) is 4.90 Å². The van der Waals surface area contributed by atoms with Crippen LogP contribution < -0.4 is 5.56 Å². The van der Waals surface area contributed by atoms with E-state index in [1.165, 1.54) is 4.31 Å². The molecule has 0 unspecified atom stereocenters. The fourth-order valence-electron chi connectivity index (χ4n) is 1.60. The number of rotatable bonds is 2. The van der Waals surface area contributed by atoms with E-state index in [9.17, 15) is 17.4 Å². The van der Waals surface area contributed by atoms with Gasteiger partial charge in [-0.3, -0.25) is 9.00 Å². The summed E-state index contributed by atoms with van der Waals surface area (Å²) in [6, 6.07) is 1.13. The second-order valence-electron chi connectivity index (χ2n) is 3.76. The molecule has 0 aromatic carbocycles. The van der Waals surface area contributed by atoms with Crippen LogP contribution in [0.5, 0.6) is 0 Å². The Morgan fingerprint density at radius 3 is 2.50 bits per heavy atom. The normalized spacial score (nSPS) is 18.9. The van der Waals surface area contributed by atoms with Crippen LogP contribution in [0.15, 0.2) is 22.0 Å². The van der Waals surface area contributed by atoms with Gasteiger partial charge in [-0.1, -0.05) is 11.6 Å². The van der Waals surface area contributed by atoms with Gasteiger partial charge in [0, 0.05) is 41.6 Å². The molecule has 1 N–H and O–H groups in total. The highest BCUT2D eigenvalue weighted by Crippen LogP contribution is 2.17. The number of nitrogens with one attached hydrogen (secondary N) is 1. The maximum Gasteiger partial charge on any atom is 0.266 e. The topological polar surface area (TPSA) is 87.3 Å². The van der Waals surface area contributed by atoms with Crippen LogP contribution in [0.3, 0.4) is 0 Å². The van der Waals surface area contributed by atoms with Gasteiger partial charge < -0.3 is 4.98 Å². The zero-order valence-corrected chi connectivity index (χ0v) is 11.6. The van der Waals surface area contributed by atoms with Gasteiger partial charge >= 0.3 is 0 Å². The average Bonchev–Trinajstić information content (AvgIpc) is 2.33. The van der Waals surface area contributed by atoms with Crippen LogP contribution in [0.4, 0.5) is 0 Å². The van der Waals surface area contributed by atoms with Crippen molar-refractivity contribution < 1.29 is 12.6 Å². The SMILES string of the molecule is O=c1[nH]cc(S(=O)(=O)N2CCS(=O)CC2)cc1Cl. The predicted molar refractivity (Wildman–Crippen MR) is 68.7 cm³/mol. The molecule has 2 heterocycles. The first kappa shape index (κ1) is 13.7. The lowest BCUT2D eigenvalue weighted by atomic mass is 10.5. The molecule has 0 atom stereocenters. The number of aromatic amines is 1. The van der Waals surface area contributed by atoms with E-state index in [4.69, 9.17) is 11.6 Å². The molecule has 9 heteroatoms. The summed E-state index contributed by atoms with van der Waals surface area (Å²) in [6.45, 7) is 0.428. The Balaban J connectivity index is 2.33. The van der Waals surface area contributed by atoms with Gasteiger partial charge in [0.25, 0.3) is 5.56 Å². The molecule has 1 aromatic rings. The van der Waals surface area contributed by atoms with Crippen LogP contribution in [0, 0.1) is 0 Å². The smallest absolute Gasteiger partial charge is 0.266 e. The molecule has 100 valence electrons. The first-order chi connectivity index (χ1) is 8.41. The number of hydrogen-bond acceptors (Lipinski definition) is 4. The summed E-state index contributed by atoms with van der Waals surface area (Å²) >= 11 is 5.61. The number of H-pyrrole nitrogens is 1. The van der Waals surface area contributed by atoms with Crippen molar-refractivity contribution in [3.63, 3.8) is 0 Å². The quantitative estimate of drug-likeness (QED) is 0.818. The molecule has 1 aliphatic heterocycles. The minimum atomic E-state index is -3.68. The van der Waals surface area contributed by atoms with Gasteiger partial charge in [-0.2, -0.15) is 4.31 Å². The molecular weight excluding hydrogens is 300 g/mol. The van der Waals surface area contributed by atoms with Crippen molar-refractivity contribution in [3.8, 4) is 0 Å². The highest BCUT2D eigenvalue weighted by molar-refractivity contribution is 7.89. The van der Waals surface area contributed by atoms with Crippen LogP contribution >= 0.6 is 11.6 Å². The van der Waals surface area contributed by atoms with Gasteiger partial charge in [-0.15, -0.1) is 0 Å². The number of nitrogens with zero attached hydrogens (tertiary/aromatic N) is 1. The molecule has 2 rings (SSSR count). The van der Waals surface area contributed by atoms with Crippen LogP contribution in [-0.2, 0) is 20.8 Å². The molecule has 1 aliphatic rings. The number of aromatic nitrogens is 1. The summed E-state index contributed by atoms with van der Waals surface area (Å²) < 4.78 is 36.8. The highest BCUT2D eigenvalue weighted by Gasteiger charge is 2.28. The standard InChI is InChI=1S/C9H11ClN2O4S2/c10-8-5-7(6-11-9(8)13)18(15,16)12-1-3-17(14)4-2-12/h5-6H,1-4H2,(H,11,13). The molecule has 0 spiro atoms. The van der Waals surface area contributed by atoms with Gasteiger partial charge in [0.2, 0.25) is 10.0 Å². The maximum absolute atomic E-state index is 12.2. The van der Waals surface area contributed by atoms with Gasteiger partial charge in [0.05, 0.1) is 4.90 Å². The zero-order chi connectivity index (χ0) is 13.3. The third-order valence-electron chi connectivity index (χ3n) is 2.61. The molecule has 0 saturated carbocycles. The molecule has 1 aromatic heterocycles. The van der Waals surface area contributed by atoms with Crippen LogP contribution in [0.1, 0.15) is 0 Å². The van der Waals surface area contributed by atoms with E-state index >= 15 is 0 Å².